The Hall–Kier alpha value is -3.09. The summed E-state index contributed by atoms with van der Waals surface area (Å²) in [5.74, 6) is -1.62. The molecule has 0 bridgehead atoms. The average molecular weight is 479 g/mol. The van der Waals surface area contributed by atoms with Crippen molar-refractivity contribution < 1.29 is 13.6 Å². The van der Waals surface area contributed by atoms with Crippen LogP contribution in [-0.2, 0) is 6.54 Å². The van der Waals surface area contributed by atoms with Crippen LogP contribution in [0.1, 0.15) is 65.7 Å². The minimum Gasteiger partial charge on any atom is -0.404 e. The van der Waals surface area contributed by atoms with Crippen molar-refractivity contribution >= 4 is 17.7 Å². The van der Waals surface area contributed by atoms with Crippen molar-refractivity contribution in [1.29, 1.82) is 0 Å². The third-order valence-corrected chi connectivity index (χ3v) is 7.39. The summed E-state index contributed by atoms with van der Waals surface area (Å²) in [6, 6.07) is 9.89. The fourth-order valence-corrected chi connectivity index (χ4v) is 5.06. The first kappa shape index (κ1) is 23.6. The molecule has 5 rings (SSSR count). The van der Waals surface area contributed by atoms with Gasteiger partial charge in [0.25, 0.3) is 5.91 Å². The maximum absolute atomic E-state index is 13.4. The molecule has 3 aliphatic rings. The van der Waals surface area contributed by atoms with Crippen LogP contribution in [0.5, 0.6) is 0 Å². The summed E-state index contributed by atoms with van der Waals surface area (Å²) in [5.41, 5.74) is 11.8. The second-order valence-corrected chi connectivity index (χ2v) is 10.3. The average Bonchev–Trinajstić information content (AvgIpc) is 3.61. The first-order valence-corrected chi connectivity index (χ1v) is 12.5. The molecule has 1 aromatic heterocycles. The minimum atomic E-state index is -2.53. The molecule has 0 atom stereocenters. The van der Waals surface area contributed by atoms with E-state index in [0.717, 1.165) is 45.8 Å². The van der Waals surface area contributed by atoms with Crippen LogP contribution in [0, 0.1) is 18.8 Å². The van der Waals surface area contributed by atoms with Gasteiger partial charge in [0.2, 0.25) is 5.92 Å². The second-order valence-electron chi connectivity index (χ2n) is 10.3. The number of halogens is 2. The van der Waals surface area contributed by atoms with E-state index in [1.54, 1.807) is 6.21 Å². The molecule has 2 aliphatic carbocycles. The maximum atomic E-state index is 13.4. The third kappa shape index (κ3) is 5.29. The molecular weight excluding hydrogens is 446 g/mol. The molecule has 5 nitrogen and oxygen atoms in total. The molecule has 2 heterocycles. The molecule has 2 N–H and O–H groups in total. The lowest BCUT2D eigenvalue weighted by Crippen LogP contribution is -2.26. The lowest BCUT2D eigenvalue weighted by molar-refractivity contribution is -0.0446. The van der Waals surface area contributed by atoms with E-state index in [1.165, 1.54) is 19.0 Å². The van der Waals surface area contributed by atoms with Gasteiger partial charge in [0, 0.05) is 72.8 Å². The highest BCUT2D eigenvalue weighted by Gasteiger charge is 2.35. The van der Waals surface area contributed by atoms with E-state index in [4.69, 9.17) is 10.7 Å². The van der Waals surface area contributed by atoms with Crippen LogP contribution in [0.4, 0.5) is 8.78 Å². The van der Waals surface area contributed by atoms with E-state index in [-0.39, 0.29) is 24.7 Å². The molecule has 2 saturated carbocycles. The largest absolute Gasteiger partial charge is 0.404 e. The van der Waals surface area contributed by atoms with Crippen molar-refractivity contribution in [2.45, 2.75) is 57.9 Å². The minimum absolute atomic E-state index is 0.0616. The lowest BCUT2D eigenvalue weighted by Gasteiger charge is -2.27. The summed E-state index contributed by atoms with van der Waals surface area (Å²) in [6.45, 7) is 3.95. The Labute approximate surface area is 205 Å². The molecule has 1 amide bonds. The van der Waals surface area contributed by atoms with Gasteiger partial charge in [-0.2, -0.15) is 0 Å². The fraction of sp³-hybridized carbons (Fsp3) is 0.464. The molecule has 1 aliphatic heterocycles. The quantitative estimate of drug-likeness (QED) is 0.525. The number of alkyl halides is 2. The van der Waals surface area contributed by atoms with Gasteiger partial charge in [-0.05, 0) is 62.1 Å². The van der Waals surface area contributed by atoms with Gasteiger partial charge < -0.3 is 10.6 Å². The van der Waals surface area contributed by atoms with E-state index in [1.807, 2.05) is 42.2 Å². The zero-order valence-electron chi connectivity index (χ0n) is 20.1. The van der Waals surface area contributed by atoms with Crippen molar-refractivity contribution in [3.05, 3.63) is 58.9 Å². The Kier molecular flexibility index (Phi) is 6.43. The van der Waals surface area contributed by atoms with Crippen molar-refractivity contribution in [2.24, 2.45) is 22.6 Å². The van der Waals surface area contributed by atoms with Gasteiger partial charge in [0.1, 0.15) is 0 Å². The highest BCUT2D eigenvalue weighted by atomic mass is 19.3. The number of nitrogens with two attached hydrogens (primary N) is 1. The zero-order chi connectivity index (χ0) is 24.6. The normalized spacial score (nSPS) is 20.6. The van der Waals surface area contributed by atoms with Crippen LogP contribution in [0.25, 0.3) is 16.8 Å². The Morgan fingerprint density at radius 2 is 1.94 bits per heavy atom. The Morgan fingerprint density at radius 1 is 1.17 bits per heavy atom. The first-order chi connectivity index (χ1) is 16.8. The van der Waals surface area contributed by atoms with Crippen LogP contribution >= 0.6 is 0 Å². The standard InChI is InChI=1S/C28H32F2N4O/c1-18-2-7-24(23(13-31)15-32-14-19-8-10-28(29,30)11-9-19)26(33-18)21-5-6-22-17-34(16-20-3-4-20)27(35)25(22)12-21/h2,5-7,12-13,15,19-20H,3-4,8-11,14,16-17,31H2,1H3. The number of carbonyl (C=O) groups is 1. The molecule has 7 heteroatoms. The number of benzene rings is 1. The van der Waals surface area contributed by atoms with Crippen molar-refractivity contribution in [2.75, 3.05) is 13.1 Å². The number of rotatable bonds is 7. The Balaban J connectivity index is 1.36. The summed E-state index contributed by atoms with van der Waals surface area (Å²) in [6.07, 6.45) is 6.51. The predicted molar refractivity (Wildman–Crippen MR) is 134 cm³/mol. The van der Waals surface area contributed by atoms with Crippen LogP contribution < -0.4 is 5.73 Å². The number of allylic oxidation sites excluding steroid dienone is 1. The van der Waals surface area contributed by atoms with Gasteiger partial charge in [-0.3, -0.25) is 14.8 Å². The molecule has 0 saturated heterocycles. The zero-order valence-corrected chi connectivity index (χ0v) is 20.1. The van der Waals surface area contributed by atoms with Gasteiger partial charge in [0.15, 0.2) is 0 Å². The number of aromatic nitrogens is 1. The topological polar surface area (TPSA) is 71.6 Å². The van der Waals surface area contributed by atoms with Gasteiger partial charge in [-0.1, -0.05) is 18.2 Å². The molecule has 0 spiro atoms. The molecule has 0 radical (unpaired) electrons. The first-order valence-electron chi connectivity index (χ1n) is 12.5. The van der Waals surface area contributed by atoms with Crippen LogP contribution in [-0.4, -0.2) is 41.0 Å². The van der Waals surface area contributed by atoms with Gasteiger partial charge in [-0.15, -0.1) is 0 Å². The predicted octanol–water partition coefficient (Wildman–Crippen LogP) is 5.62. The number of carbonyl (C=O) groups excluding carboxylic acids is 1. The van der Waals surface area contributed by atoms with Crippen LogP contribution in [0.2, 0.25) is 0 Å². The van der Waals surface area contributed by atoms with Gasteiger partial charge in [0.05, 0.1) is 5.69 Å². The summed E-state index contributed by atoms with van der Waals surface area (Å²) in [7, 11) is 0. The highest BCUT2D eigenvalue weighted by Crippen LogP contribution is 2.37. The maximum Gasteiger partial charge on any atom is 0.254 e. The number of nitrogens with zero attached hydrogens (tertiary/aromatic N) is 3. The molecule has 2 fully saturated rings. The van der Waals surface area contributed by atoms with Crippen molar-refractivity contribution in [3.8, 4) is 11.3 Å². The van der Waals surface area contributed by atoms with E-state index in [2.05, 4.69) is 4.99 Å². The monoisotopic (exact) mass is 478 g/mol. The molecule has 184 valence electrons. The Morgan fingerprint density at radius 3 is 2.66 bits per heavy atom. The number of amides is 1. The summed E-state index contributed by atoms with van der Waals surface area (Å²) in [4.78, 5) is 24.3. The van der Waals surface area contributed by atoms with E-state index >= 15 is 0 Å². The SMILES string of the molecule is Cc1ccc(C(C=NCC2CCC(F)(F)CC2)=CN)c(-c2ccc3c(c2)C(=O)N(CC2CC2)C3)n1. The second kappa shape index (κ2) is 9.51. The fourth-order valence-electron chi connectivity index (χ4n) is 5.06. The molecule has 1 aromatic carbocycles. The third-order valence-electron chi connectivity index (χ3n) is 7.39. The molecule has 0 unspecified atom stereocenters. The van der Waals surface area contributed by atoms with Crippen LogP contribution in [0.15, 0.2) is 41.5 Å². The number of fused-ring (bicyclic) bond motifs is 1. The van der Waals surface area contributed by atoms with E-state index in [9.17, 15) is 13.6 Å². The van der Waals surface area contributed by atoms with E-state index in [0.29, 0.717) is 31.8 Å². The summed E-state index contributed by atoms with van der Waals surface area (Å²) >= 11 is 0. The van der Waals surface area contributed by atoms with Gasteiger partial charge >= 0.3 is 0 Å². The number of hydrogen-bond donors (Lipinski definition) is 1. The van der Waals surface area contributed by atoms with E-state index < -0.39 is 5.92 Å². The number of pyridine rings is 1. The molecular formula is C28H32F2N4O. The Bertz CT molecular complexity index is 1180. The number of aryl methyl sites for hydroxylation is 1. The smallest absolute Gasteiger partial charge is 0.254 e. The van der Waals surface area contributed by atoms with Crippen molar-refractivity contribution in [3.63, 3.8) is 0 Å². The molecule has 35 heavy (non-hydrogen) atoms. The van der Waals surface area contributed by atoms with Gasteiger partial charge in [-0.25, -0.2) is 8.78 Å². The lowest BCUT2D eigenvalue weighted by atomic mass is 9.87. The summed E-state index contributed by atoms with van der Waals surface area (Å²) in [5, 5.41) is 0. The number of hydrogen-bond acceptors (Lipinski definition) is 4. The highest BCUT2D eigenvalue weighted by molar-refractivity contribution is 6.12. The van der Waals surface area contributed by atoms with Crippen molar-refractivity contribution in [1.82, 2.24) is 9.88 Å². The number of aliphatic imine (C=N–C) groups is 1. The summed E-state index contributed by atoms with van der Waals surface area (Å²) < 4.78 is 26.9. The molecule has 2 aromatic rings. The van der Waals surface area contributed by atoms with Crippen LogP contribution in [0.3, 0.4) is 0 Å².